The van der Waals surface area contributed by atoms with Gasteiger partial charge in [-0.2, -0.15) is 5.10 Å². The van der Waals surface area contributed by atoms with E-state index in [1.807, 2.05) is 6.92 Å². The van der Waals surface area contributed by atoms with E-state index in [2.05, 4.69) is 10.4 Å². The molecule has 2 aliphatic rings. The van der Waals surface area contributed by atoms with Crippen molar-refractivity contribution in [1.29, 1.82) is 0 Å². The summed E-state index contributed by atoms with van der Waals surface area (Å²) in [5.41, 5.74) is 1.35. The highest BCUT2D eigenvalue weighted by molar-refractivity contribution is 5.94. The Morgan fingerprint density at radius 2 is 2.19 bits per heavy atom. The van der Waals surface area contributed by atoms with Crippen molar-refractivity contribution in [3.63, 3.8) is 0 Å². The Labute approximate surface area is 158 Å². The highest BCUT2D eigenvalue weighted by atomic mass is 19.1. The van der Waals surface area contributed by atoms with E-state index in [1.165, 1.54) is 32.4 Å². The van der Waals surface area contributed by atoms with Crippen LogP contribution >= 0.6 is 0 Å². The van der Waals surface area contributed by atoms with Gasteiger partial charge in [-0.05, 0) is 55.7 Å². The van der Waals surface area contributed by atoms with Crippen LogP contribution in [0.5, 0.6) is 5.75 Å². The summed E-state index contributed by atoms with van der Waals surface area (Å²) in [6.45, 7) is 2.66. The molecule has 2 aromatic rings. The Kier molecular flexibility index (Phi) is 4.89. The van der Waals surface area contributed by atoms with Crippen molar-refractivity contribution in [3.05, 3.63) is 35.8 Å². The molecule has 3 unspecified atom stereocenters. The van der Waals surface area contributed by atoms with Gasteiger partial charge >= 0.3 is 0 Å². The first-order chi connectivity index (χ1) is 13.1. The molecule has 0 saturated heterocycles. The molecule has 0 spiro atoms. The van der Waals surface area contributed by atoms with Crippen molar-refractivity contribution in [1.82, 2.24) is 15.1 Å². The molecule has 6 heteroatoms. The summed E-state index contributed by atoms with van der Waals surface area (Å²) in [4.78, 5) is 12.9. The van der Waals surface area contributed by atoms with Gasteiger partial charge < -0.3 is 10.1 Å². The first-order valence-electron chi connectivity index (χ1n) is 9.81. The molecule has 2 bridgehead atoms. The molecule has 4 rings (SSSR count). The monoisotopic (exact) mass is 371 g/mol. The fourth-order valence-corrected chi connectivity index (χ4v) is 4.61. The van der Waals surface area contributed by atoms with Crippen LogP contribution < -0.4 is 10.1 Å². The minimum atomic E-state index is -0.407. The first kappa shape index (κ1) is 18.0. The predicted molar refractivity (Wildman–Crippen MR) is 101 cm³/mol. The maximum atomic E-state index is 14.5. The van der Waals surface area contributed by atoms with E-state index in [4.69, 9.17) is 4.74 Å². The molecule has 0 radical (unpaired) electrons. The third-order valence-corrected chi connectivity index (χ3v) is 5.95. The summed E-state index contributed by atoms with van der Waals surface area (Å²) in [6, 6.07) is 6.64. The summed E-state index contributed by atoms with van der Waals surface area (Å²) in [5.74, 6) is 1.33. The van der Waals surface area contributed by atoms with Crippen LogP contribution in [-0.2, 0) is 6.54 Å². The third-order valence-electron chi connectivity index (χ3n) is 5.95. The van der Waals surface area contributed by atoms with Crippen LogP contribution in [0.25, 0.3) is 11.3 Å². The number of fused-ring (bicyclic) bond motifs is 2. The van der Waals surface area contributed by atoms with Gasteiger partial charge in [0.15, 0.2) is 0 Å². The second-order valence-corrected chi connectivity index (χ2v) is 7.74. The van der Waals surface area contributed by atoms with Crippen molar-refractivity contribution in [2.45, 2.75) is 51.6 Å². The second-order valence-electron chi connectivity index (χ2n) is 7.74. The summed E-state index contributed by atoms with van der Waals surface area (Å²) in [5, 5.41) is 7.71. The van der Waals surface area contributed by atoms with Crippen molar-refractivity contribution >= 4 is 5.91 Å². The lowest BCUT2D eigenvalue weighted by Crippen LogP contribution is -2.39. The standard InChI is InChI=1S/C21H26FN3O2/c1-3-8-25-20(21(26)23-18-10-13-4-5-14(18)9-13)12-19(24-25)16-7-6-15(27-2)11-17(16)22/h6-7,11-14,18H,3-5,8-10H2,1-2H3,(H,23,26). The van der Waals surface area contributed by atoms with Crippen LogP contribution in [0.2, 0.25) is 0 Å². The number of aryl methyl sites for hydroxylation is 1. The average Bonchev–Trinajstić information content (AvgIpc) is 3.37. The Morgan fingerprint density at radius 3 is 2.81 bits per heavy atom. The minimum Gasteiger partial charge on any atom is -0.497 e. The van der Waals surface area contributed by atoms with Gasteiger partial charge in [0.05, 0.1) is 12.8 Å². The Hall–Kier alpha value is -2.37. The fraction of sp³-hybridized carbons (Fsp3) is 0.524. The van der Waals surface area contributed by atoms with Crippen LogP contribution in [0.4, 0.5) is 4.39 Å². The molecule has 27 heavy (non-hydrogen) atoms. The minimum absolute atomic E-state index is 0.103. The summed E-state index contributed by atoms with van der Waals surface area (Å²) in [6.07, 6.45) is 5.68. The molecular weight excluding hydrogens is 345 g/mol. The molecular formula is C21H26FN3O2. The maximum Gasteiger partial charge on any atom is 0.269 e. The van der Waals surface area contributed by atoms with Crippen molar-refractivity contribution in [2.24, 2.45) is 11.8 Å². The SMILES string of the molecule is CCCn1nc(-c2ccc(OC)cc2F)cc1C(=O)NC1CC2CCC1C2. The van der Waals surface area contributed by atoms with Crippen molar-refractivity contribution < 1.29 is 13.9 Å². The second kappa shape index (κ2) is 7.33. The number of amides is 1. The van der Waals surface area contributed by atoms with Gasteiger partial charge in [0.1, 0.15) is 17.3 Å². The maximum absolute atomic E-state index is 14.5. The molecule has 2 aliphatic carbocycles. The Bertz CT molecular complexity index is 848. The molecule has 2 fully saturated rings. The van der Waals surface area contributed by atoms with Crippen LogP contribution in [0, 0.1) is 17.7 Å². The number of aromatic nitrogens is 2. The summed E-state index contributed by atoms with van der Waals surface area (Å²) in [7, 11) is 1.50. The lowest BCUT2D eigenvalue weighted by molar-refractivity contribution is 0.0911. The van der Waals surface area contributed by atoms with Gasteiger partial charge in [0.25, 0.3) is 5.91 Å². The Morgan fingerprint density at radius 1 is 1.33 bits per heavy atom. The summed E-state index contributed by atoms with van der Waals surface area (Å²) >= 11 is 0. The average molecular weight is 371 g/mol. The molecule has 0 aliphatic heterocycles. The van der Waals surface area contributed by atoms with Crippen LogP contribution in [0.1, 0.15) is 49.5 Å². The van der Waals surface area contributed by atoms with Gasteiger partial charge in [0.2, 0.25) is 0 Å². The molecule has 1 aromatic carbocycles. The van der Waals surface area contributed by atoms with Crippen molar-refractivity contribution in [2.75, 3.05) is 7.11 Å². The molecule has 3 atom stereocenters. The highest BCUT2D eigenvalue weighted by Gasteiger charge is 2.40. The van der Waals surface area contributed by atoms with Crippen LogP contribution in [0.3, 0.4) is 0 Å². The summed E-state index contributed by atoms with van der Waals surface area (Å²) < 4.78 is 21.2. The van der Waals surface area contributed by atoms with Gasteiger partial charge in [-0.15, -0.1) is 0 Å². The van der Waals surface area contributed by atoms with E-state index in [1.54, 1.807) is 22.9 Å². The molecule has 5 nitrogen and oxygen atoms in total. The number of ether oxygens (including phenoxy) is 1. The quantitative estimate of drug-likeness (QED) is 0.834. The Balaban J connectivity index is 1.59. The zero-order valence-electron chi connectivity index (χ0n) is 15.9. The number of nitrogens with one attached hydrogen (secondary N) is 1. The zero-order valence-corrected chi connectivity index (χ0v) is 15.9. The predicted octanol–water partition coefficient (Wildman–Crippen LogP) is 4.03. The van der Waals surface area contributed by atoms with Gasteiger partial charge in [-0.3, -0.25) is 9.48 Å². The number of halogens is 1. The molecule has 144 valence electrons. The number of carbonyl (C=O) groups is 1. The molecule has 1 N–H and O–H groups in total. The number of hydrogen-bond donors (Lipinski definition) is 1. The third kappa shape index (κ3) is 3.45. The van der Waals surface area contributed by atoms with Crippen LogP contribution in [-0.4, -0.2) is 28.8 Å². The molecule has 1 amide bonds. The van der Waals surface area contributed by atoms with E-state index in [-0.39, 0.29) is 11.9 Å². The number of methoxy groups -OCH3 is 1. The number of hydrogen-bond acceptors (Lipinski definition) is 3. The normalized spacial score (nSPS) is 23.6. The molecule has 2 saturated carbocycles. The largest absolute Gasteiger partial charge is 0.497 e. The smallest absolute Gasteiger partial charge is 0.269 e. The number of rotatable bonds is 6. The first-order valence-corrected chi connectivity index (χ1v) is 9.81. The van der Waals surface area contributed by atoms with E-state index < -0.39 is 5.82 Å². The topological polar surface area (TPSA) is 56.2 Å². The number of nitrogens with zero attached hydrogens (tertiary/aromatic N) is 2. The van der Waals surface area contributed by atoms with E-state index in [0.717, 1.165) is 18.8 Å². The van der Waals surface area contributed by atoms with Gasteiger partial charge in [-0.1, -0.05) is 13.3 Å². The van der Waals surface area contributed by atoms with E-state index in [9.17, 15) is 9.18 Å². The van der Waals surface area contributed by atoms with Crippen molar-refractivity contribution in [3.8, 4) is 17.0 Å². The van der Waals surface area contributed by atoms with Gasteiger partial charge in [0, 0.05) is 24.2 Å². The number of carbonyl (C=O) groups excluding carboxylic acids is 1. The molecule has 1 aromatic heterocycles. The highest BCUT2D eigenvalue weighted by Crippen LogP contribution is 2.44. The van der Waals surface area contributed by atoms with E-state index >= 15 is 0 Å². The van der Waals surface area contributed by atoms with Crippen LogP contribution in [0.15, 0.2) is 24.3 Å². The molecule has 1 heterocycles. The number of benzene rings is 1. The van der Waals surface area contributed by atoms with E-state index in [0.29, 0.717) is 35.2 Å². The lowest BCUT2D eigenvalue weighted by atomic mass is 9.95. The fourth-order valence-electron chi connectivity index (χ4n) is 4.61. The zero-order chi connectivity index (χ0) is 19.0. The lowest BCUT2D eigenvalue weighted by Gasteiger charge is -2.22. The van der Waals surface area contributed by atoms with Gasteiger partial charge in [-0.25, -0.2) is 4.39 Å².